The van der Waals surface area contributed by atoms with Crippen LogP contribution in [-0.4, -0.2) is 37.4 Å². The summed E-state index contributed by atoms with van der Waals surface area (Å²) in [5.41, 5.74) is 1.03. The summed E-state index contributed by atoms with van der Waals surface area (Å²) in [6.07, 6.45) is 3.56. The second kappa shape index (κ2) is 7.52. The molecule has 3 rings (SSSR count). The van der Waals surface area contributed by atoms with Gasteiger partial charge in [-0.15, -0.1) is 5.92 Å². The Bertz CT molecular complexity index is 881. The second-order valence-corrected chi connectivity index (χ2v) is 8.11. The standard InChI is InChI=1S/C18H25N5OS/c1-5-6-12-23-14-15(19-17(23)22-10-8-7-9-11-22)20-18(25-13(2)3)21(4)16(14)24/h13H,7-12H2,1-4H3. The van der Waals surface area contributed by atoms with E-state index in [-0.39, 0.29) is 5.56 Å². The Morgan fingerprint density at radius 2 is 1.92 bits per heavy atom. The molecule has 1 aliphatic rings. The zero-order valence-corrected chi connectivity index (χ0v) is 16.2. The highest BCUT2D eigenvalue weighted by atomic mass is 32.2. The molecule has 3 heterocycles. The third-order valence-corrected chi connectivity index (χ3v) is 5.37. The summed E-state index contributed by atoms with van der Waals surface area (Å²) >= 11 is 1.58. The van der Waals surface area contributed by atoms with Crippen LogP contribution >= 0.6 is 11.8 Å². The van der Waals surface area contributed by atoms with Crippen LogP contribution in [-0.2, 0) is 13.6 Å². The lowest BCUT2D eigenvalue weighted by Crippen LogP contribution is -2.32. The van der Waals surface area contributed by atoms with Crippen LogP contribution in [0.4, 0.5) is 5.95 Å². The predicted molar refractivity (Wildman–Crippen MR) is 103 cm³/mol. The molecule has 0 spiro atoms. The van der Waals surface area contributed by atoms with Crippen molar-refractivity contribution in [1.29, 1.82) is 0 Å². The molecule has 0 amide bonds. The van der Waals surface area contributed by atoms with Crippen LogP contribution in [0, 0.1) is 11.8 Å². The Balaban J connectivity index is 2.19. The number of rotatable bonds is 4. The number of aromatic nitrogens is 4. The predicted octanol–water partition coefficient (Wildman–Crippen LogP) is 2.64. The molecule has 2 aromatic heterocycles. The molecule has 2 aromatic rings. The van der Waals surface area contributed by atoms with E-state index in [0.29, 0.717) is 28.1 Å². The maximum absolute atomic E-state index is 13.0. The van der Waals surface area contributed by atoms with Gasteiger partial charge in [0.15, 0.2) is 16.3 Å². The van der Waals surface area contributed by atoms with Gasteiger partial charge in [-0.25, -0.2) is 4.98 Å². The lowest BCUT2D eigenvalue weighted by molar-refractivity contribution is 0.561. The van der Waals surface area contributed by atoms with Crippen LogP contribution in [0.2, 0.25) is 0 Å². The van der Waals surface area contributed by atoms with Crippen molar-refractivity contribution in [3.05, 3.63) is 10.4 Å². The number of anilines is 1. The molecule has 6 nitrogen and oxygen atoms in total. The molecule has 0 aromatic carbocycles. The van der Waals surface area contributed by atoms with Gasteiger partial charge in [-0.2, -0.15) is 4.98 Å². The number of thioether (sulfide) groups is 1. The molecule has 0 atom stereocenters. The van der Waals surface area contributed by atoms with Crippen molar-refractivity contribution in [3.8, 4) is 11.8 Å². The molecule has 0 bridgehead atoms. The van der Waals surface area contributed by atoms with Crippen molar-refractivity contribution < 1.29 is 0 Å². The minimum atomic E-state index is -0.0539. The molecule has 0 saturated carbocycles. The summed E-state index contributed by atoms with van der Waals surface area (Å²) in [6, 6.07) is 0. The average Bonchev–Trinajstić information content (AvgIpc) is 2.96. The van der Waals surface area contributed by atoms with Gasteiger partial charge >= 0.3 is 0 Å². The van der Waals surface area contributed by atoms with E-state index < -0.39 is 0 Å². The molecule has 0 aliphatic carbocycles. The van der Waals surface area contributed by atoms with Gasteiger partial charge in [0.25, 0.3) is 5.56 Å². The van der Waals surface area contributed by atoms with Crippen molar-refractivity contribution in [3.63, 3.8) is 0 Å². The lowest BCUT2D eigenvalue weighted by atomic mass is 10.1. The summed E-state index contributed by atoms with van der Waals surface area (Å²) < 4.78 is 3.57. The fourth-order valence-electron chi connectivity index (χ4n) is 3.09. The summed E-state index contributed by atoms with van der Waals surface area (Å²) in [7, 11) is 1.78. The van der Waals surface area contributed by atoms with Crippen molar-refractivity contribution in [2.45, 2.75) is 57.0 Å². The van der Waals surface area contributed by atoms with Gasteiger partial charge in [-0.1, -0.05) is 31.5 Å². The first kappa shape index (κ1) is 17.9. The minimum Gasteiger partial charge on any atom is -0.342 e. The normalized spacial score (nSPS) is 14.8. The molecule has 1 fully saturated rings. The van der Waals surface area contributed by atoms with Gasteiger partial charge in [0, 0.05) is 25.4 Å². The molecule has 0 unspecified atom stereocenters. The molecule has 25 heavy (non-hydrogen) atoms. The fourth-order valence-corrected chi connectivity index (χ4v) is 3.89. The first-order chi connectivity index (χ1) is 12.0. The van der Waals surface area contributed by atoms with E-state index in [4.69, 9.17) is 4.98 Å². The largest absolute Gasteiger partial charge is 0.342 e. The quantitative estimate of drug-likeness (QED) is 0.477. The number of hydrogen-bond acceptors (Lipinski definition) is 5. The molecule has 1 saturated heterocycles. The van der Waals surface area contributed by atoms with Crippen molar-refractivity contribution in [2.75, 3.05) is 18.0 Å². The van der Waals surface area contributed by atoms with Crippen molar-refractivity contribution >= 4 is 28.9 Å². The molecular formula is C18H25N5OS. The van der Waals surface area contributed by atoms with Crippen LogP contribution < -0.4 is 10.5 Å². The van der Waals surface area contributed by atoms with E-state index >= 15 is 0 Å². The van der Waals surface area contributed by atoms with Crippen LogP contribution in [0.3, 0.4) is 0 Å². The van der Waals surface area contributed by atoms with Gasteiger partial charge in [-0.3, -0.25) is 13.9 Å². The van der Waals surface area contributed by atoms with Gasteiger partial charge in [0.2, 0.25) is 5.95 Å². The number of hydrogen-bond donors (Lipinski definition) is 0. The van der Waals surface area contributed by atoms with Crippen LogP contribution in [0.1, 0.15) is 40.0 Å². The van der Waals surface area contributed by atoms with Crippen LogP contribution in [0.15, 0.2) is 9.95 Å². The Labute approximate surface area is 152 Å². The van der Waals surface area contributed by atoms with E-state index in [2.05, 4.69) is 35.6 Å². The summed E-state index contributed by atoms with van der Waals surface area (Å²) in [6.45, 7) is 8.40. The van der Waals surface area contributed by atoms with Gasteiger partial charge in [0.1, 0.15) is 0 Å². The highest BCUT2D eigenvalue weighted by Gasteiger charge is 2.23. The Morgan fingerprint density at radius 1 is 1.20 bits per heavy atom. The van der Waals surface area contributed by atoms with E-state index in [0.717, 1.165) is 31.9 Å². The van der Waals surface area contributed by atoms with Crippen molar-refractivity contribution in [1.82, 2.24) is 19.1 Å². The topological polar surface area (TPSA) is 56.0 Å². The van der Waals surface area contributed by atoms with E-state index in [1.807, 2.05) is 11.5 Å². The summed E-state index contributed by atoms with van der Waals surface area (Å²) in [5, 5.41) is 1.06. The Hall–Kier alpha value is -1.94. The fraction of sp³-hybridized carbons (Fsp3) is 0.611. The van der Waals surface area contributed by atoms with Gasteiger partial charge in [-0.05, 0) is 26.2 Å². The summed E-state index contributed by atoms with van der Waals surface area (Å²) in [4.78, 5) is 24.7. The molecule has 0 radical (unpaired) electrons. The molecular weight excluding hydrogens is 334 g/mol. The third kappa shape index (κ3) is 3.54. The second-order valence-electron chi connectivity index (χ2n) is 6.57. The Kier molecular flexibility index (Phi) is 5.38. The number of imidazole rings is 1. The number of piperidine rings is 1. The zero-order valence-electron chi connectivity index (χ0n) is 15.4. The molecule has 0 N–H and O–H groups in total. The first-order valence-corrected chi connectivity index (χ1v) is 9.69. The van der Waals surface area contributed by atoms with Crippen LogP contribution in [0.25, 0.3) is 11.2 Å². The van der Waals surface area contributed by atoms with Gasteiger partial charge < -0.3 is 4.90 Å². The molecule has 7 heteroatoms. The number of fused-ring (bicyclic) bond motifs is 1. The zero-order chi connectivity index (χ0) is 18.0. The first-order valence-electron chi connectivity index (χ1n) is 8.81. The third-order valence-electron chi connectivity index (χ3n) is 4.32. The Morgan fingerprint density at radius 3 is 2.56 bits per heavy atom. The highest BCUT2D eigenvalue weighted by molar-refractivity contribution is 7.99. The van der Waals surface area contributed by atoms with Gasteiger partial charge in [0.05, 0.1) is 6.54 Å². The van der Waals surface area contributed by atoms with Crippen LogP contribution in [0.5, 0.6) is 0 Å². The maximum Gasteiger partial charge on any atom is 0.280 e. The van der Waals surface area contributed by atoms with Crippen molar-refractivity contribution in [2.24, 2.45) is 7.05 Å². The maximum atomic E-state index is 13.0. The van der Waals surface area contributed by atoms with E-state index in [1.165, 1.54) is 6.42 Å². The SMILES string of the molecule is CC#CCn1c(N2CCCCC2)nc2nc(SC(C)C)n(C)c(=O)c21. The average molecular weight is 359 g/mol. The van der Waals surface area contributed by atoms with E-state index in [1.54, 1.807) is 23.4 Å². The molecule has 134 valence electrons. The highest BCUT2D eigenvalue weighted by Crippen LogP contribution is 2.25. The lowest BCUT2D eigenvalue weighted by Gasteiger charge is -2.27. The minimum absolute atomic E-state index is 0.0539. The molecule has 1 aliphatic heterocycles. The monoisotopic (exact) mass is 359 g/mol. The number of nitrogens with zero attached hydrogens (tertiary/aromatic N) is 5. The summed E-state index contributed by atoms with van der Waals surface area (Å²) in [5.74, 6) is 6.83. The van der Waals surface area contributed by atoms with E-state index in [9.17, 15) is 4.79 Å². The smallest absolute Gasteiger partial charge is 0.280 e.